The molecule has 2 rings (SSSR count). The molecular weight excluding hydrogens is 338 g/mol. The normalized spacial score (nSPS) is 12.7. The van der Waals surface area contributed by atoms with Crippen LogP contribution < -0.4 is 5.73 Å². The second-order valence-corrected chi connectivity index (χ2v) is 6.35. The molecule has 0 aliphatic rings. The number of aryl methyl sites for hydroxylation is 3. The second-order valence-electron chi connectivity index (χ2n) is 5.06. The molecule has 0 bridgehead atoms. The van der Waals surface area contributed by atoms with Gasteiger partial charge in [0.1, 0.15) is 0 Å². The summed E-state index contributed by atoms with van der Waals surface area (Å²) < 4.78 is 2.89. The summed E-state index contributed by atoms with van der Waals surface area (Å²) in [4.78, 5) is 0. The Balaban J connectivity index is 2.27. The van der Waals surface area contributed by atoms with Crippen LogP contribution in [0, 0.1) is 6.92 Å². The van der Waals surface area contributed by atoms with Crippen molar-refractivity contribution in [3.63, 3.8) is 0 Å². The van der Waals surface area contributed by atoms with E-state index in [-0.39, 0.29) is 6.04 Å². The zero-order valence-corrected chi connectivity index (χ0v) is 14.3. The predicted octanol–water partition coefficient (Wildman–Crippen LogP) is 3.95. The molecule has 20 heavy (non-hydrogen) atoms. The van der Waals surface area contributed by atoms with E-state index in [0.717, 1.165) is 32.9 Å². The average molecular weight is 357 g/mol. The van der Waals surface area contributed by atoms with Crippen molar-refractivity contribution in [1.29, 1.82) is 0 Å². The molecule has 1 heterocycles. The van der Waals surface area contributed by atoms with Crippen LogP contribution in [0.5, 0.6) is 0 Å². The second kappa shape index (κ2) is 6.29. The molecule has 0 amide bonds. The van der Waals surface area contributed by atoms with Crippen molar-refractivity contribution in [2.45, 2.75) is 32.7 Å². The number of benzene rings is 1. The lowest BCUT2D eigenvalue weighted by atomic mass is 10.0. The SMILES string of the molecule is CCc1nn(C)c(CC(N)c2cc(C)cc(Br)c2)c1Cl. The third-order valence-corrected chi connectivity index (χ3v) is 4.30. The van der Waals surface area contributed by atoms with Crippen molar-refractivity contribution >= 4 is 27.5 Å². The molecule has 0 aliphatic carbocycles. The number of hydrogen-bond acceptors (Lipinski definition) is 2. The molecule has 0 spiro atoms. The fourth-order valence-corrected chi connectivity index (χ4v) is 3.34. The first-order chi connectivity index (χ1) is 9.42. The van der Waals surface area contributed by atoms with E-state index in [1.165, 1.54) is 5.56 Å². The Morgan fingerprint density at radius 2 is 2.10 bits per heavy atom. The fraction of sp³-hybridized carbons (Fsp3) is 0.400. The van der Waals surface area contributed by atoms with Crippen LogP contribution in [0.4, 0.5) is 0 Å². The highest BCUT2D eigenvalue weighted by Crippen LogP contribution is 2.27. The minimum atomic E-state index is -0.0937. The number of hydrogen-bond donors (Lipinski definition) is 1. The van der Waals surface area contributed by atoms with Crippen LogP contribution in [0.15, 0.2) is 22.7 Å². The number of nitrogens with zero attached hydrogens (tertiary/aromatic N) is 2. The van der Waals surface area contributed by atoms with Gasteiger partial charge < -0.3 is 5.73 Å². The summed E-state index contributed by atoms with van der Waals surface area (Å²) in [7, 11) is 1.92. The maximum Gasteiger partial charge on any atom is 0.0850 e. The average Bonchev–Trinajstić information content (AvgIpc) is 2.65. The minimum absolute atomic E-state index is 0.0937. The summed E-state index contributed by atoms with van der Waals surface area (Å²) in [6.07, 6.45) is 1.51. The Morgan fingerprint density at radius 3 is 2.65 bits per heavy atom. The number of nitrogens with two attached hydrogens (primary N) is 1. The van der Waals surface area contributed by atoms with Crippen molar-refractivity contribution in [2.75, 3.05) is 0 Å². The largest absolute Gasteiger partial charge is 0.324 e. The zero-order chi connectivity index (χ0) is 14.9. The fourth-order valence-electron chi connectivity index (χ4n) is 2.35. The van der Waals surface area contributed by atoms with E-state index in [2.05, 4.69) is 53.1 Å². The summed E-state index contributed by atoms with van der Waals surface area (Å²) >= 11 is 9.89. The monoisotopic (exact) mass is 355 g/mol. The molecular formula is C15H19BrClN3. The molecule has 0 fully saturated rings. The first-order valence-electron chi connectivity index (χ1n) is 6.65. The van der Waals surface area contributed by atoms with Gasteiger partial charge in [0.05, 0.1) is 16.4 Å². The summed E-state index contributed by atoms with van der Waals surface area (Å²) in [5.74, 6) is 0. The maximum atomic E-state index is 6.38. The molecule has 5 heteroatoms. The number of halogens is 2. The van der Waals surface area contributed by atoms with Crippen LogP contribution in [-0.2, 0) is 19.9 Å². The van der Waals surface area contributed by atoms with Crippen molar-refractivity contribution in [1.82, 2.24) is 9.78 Å². The lowest BCUT2D eigenvalue weighted by Crippen LogP contribution is -2.16. The van der Waals surface area contributed by atoms with Gasteiger partial charge in [-0.2, -0.15) is 5.10 Å². The molecule has 108 valence electrons. The van der Waals surface area contributed by atoms with Gasteiger partial charge in [0, 0.05) is 24.0 Å². The van der Waals surface area contributed by atoms with Crippen molar-refractivity contribution in [3.05, 3.63) is 50.2 Å². The molecule has 2 N–H and O–H groups in total. The van der Waals surface area contributed by atoms with E-state index < -0.39 is 0 Å². The summed E-state index contributed by atoms with van der Waals surface area (Å²) in [5, 5.41) is 5.18. The zero-order valence-electron chi connectivity index (χ0n) is 12.0. The Bertz CT molecular complexity index is 602. The van der Waals surface area contributed by atoms with E-state index >= 15 is 0 Å². The van der Waals surface area contributed by atoms with E-state index in [4.69, 9.17) is 17.3 Å². The highest BCUT2D eigenvalue weighted by Gasteiger charge is 2.17. The first kappa shape index (κ1) is 15.5. The molecule has 3 nitrogen and oxygen atoms in total. The maximum absolute atomic E-state index is 6.38. The van der Waals surface area contributed by atoms with Gasteiger partial charge in [-0.3, -0.25) is 4.68 Å². The minimum Gasteiger partial charge on any atom is -0.324 e. The quantitative estimate of drug-likeness (QED) is 0.901. The van der Waals surface area contributed by atoms with Gasteiger partial charge in [0.15, 0.2) is 0 Å². The van der Waals surface area contributed by atoms with Gasteiger partial charge in [-0.25, -0.2) is 0 Å². The van der Waals surface area contributed by atoms with Crippen LogP contribution >= 0.6 is 27.5 Å². The van der Waals surface area contributed by atoms with Gasteiger partial charge in [-0.15, -0.1) is 0 Å². The summed E-state index contributed by atoms with van der Waals surface area (Å²) in [5.41, 5.74) is 10.6. The van der Waals surface area contributed by atoms with Gasteiger partial charge >= 0.3 is 0 Å². The molecule has 1 atom stereocenters. The van der Waals surface area contributed by atoms with Gasteiger partial charge in [0.25, 0.3) is 0 Å². The summed E-state index contributed by atoms with van der Waals surface area (Å²) in [6.45, 7) is 4.11. The van der Waals surface area contributed by atoms with Crippen molar-refractivity contribution in [2.24, 2.45) is 12.8 Å². The third-order valence-electron chi connectivity index (χ3n) is 3.41. The molecule has 1 unspecified atom stereocenters. The van der Waals surface area contributed by atoms with E-state index in [1.54, 1.807) is 0 Å². The molecule has 0 saturated carbocycles. The van der Waals surface area contributed by atoms with E-state index in [1.807, 2.05) is 11.7 Å². The van der Waals surface area contributed by atoms with Crippen molar-refractivity contribution < 1.29 is 0 Å². The Hall–Kier alpha value is -0.840. The third kappa shape index (κ3) is 3.25. The van der Waals surface area contributed by atoms with E-state index in [9.17, 15) is 0 Å². The van der Waals surface area contributed by atoms with Gasteiger partial charge in [0.2, 0.25) is 0 Å². The molecule has 1 aromatic heterocycles. The molecule has 0 aliphatic heterocycles. The highest BCUT2D eigenvalue weighted by molar-refractivity contribution is 9.10. The van der Waals surface area contributed by atoms with Crippen LogP contribution in [-0.4, -0.2) is 9.78 Å². The Morgan fingerprint density at radius 1 is 1.40 bits per heavy atom. The smallest absolute Gasteiger partial charge is 0.0850 e. The first-order valence-corrected chi connectivity index (χ1v) is 7.82. The molecule has 1 aromatic carbocycles. The lowest BCUT2D eigenvalue weighted by Gasteiger charge is -2.14. The van der Waals surface area contributed by atoms with Gasteiger partial charge in [-0.05, 0) is 36.6 Å². The van der Waals surface area contributed by atoms with Crippen molar-refractivity contribution in [3.8, 4) is 0 Å². The van der Waals surface area contributed by atoms with Crippen LogP contribution in [0.25, 0.3) is 0 Å². The Kier molecular flexibility index (Phi) is 4.89. The van der Waals surface area contributed by atoms with Crippen LogP contribution in [0.1, 0.15) is 35.5 Å². The predicted molar refractivity (Wildman–Crippen MR) is 87.1 cm³/mol. The van der Waals surface area contributed by atoms with Gasteiger partial charge in [-0.1, -0.05) is 40.5 Å². The summed E-state index contributed by atoms with van der Waals surface area (Å²) in [6, 6.07) is 6.15. The van der Waals surface area contributed by atoms with E-state index in [0.29, 0.717) is 6.42 Å². The number of aromatic nitrogens is 2. The van der Waals surface area contributed by atoms with Crippen LogP contribution in [0.3, 0.4) is 0 Å². The topological polar surface area (TPSA) is 43.8 Å². The van der Waals surface area contributed by atoms with Crippen LogP contribution in [0.2, 0.25) is 5.02 Å². The Labute approximate surface area is 133 Å². The number of rotatable bonds is 4. The molecule has 2 aromatic rings. The molecule has 0 saturated heterocycles. The highest BCUT2D eigenvalue weighted by atomic mass is 79.9. The lowest BCUT2D eigenvalue weighted by molar-refractivity contribution is 0.638. The standard InChI is InChI=1S/C15H19BrClN3/c1-4-13-15(17)14(20(3)19-13)8-12(18)10-5-9(2)6-11(16)7-10/h5-7,12H,4,8,18H2,1-3H3. The molecule has 0 radical (unpaired) electrons.